The summed E-state index contributed by atoms with van der Waals surface area (Å²) < 4.78 is 5.65. The van der Waals surface area contributed by atoms with E-state index in [1.807, 2.05) is 49.4 Å². The van der Waals surface area contributed by atoms with Crippen LogP contribution in [0.4, 0.5) is 23.1 Å². The molecule has 6 nitrogen and oxygen atoms in total. The van der Waals surface area contributed by atoms with Gasteiger partial charge < -0.3 is 15.4 Å². The van der Waals surface area contributed by atoms with Gasteiger partial charge in [0, 0.05) is 5.69 Å². The molecule has 1 heterocycles. The molecule has 0 atom stereocenters. The number of para-hydroxylation sites is 3. The molecule has 0 amide bonds. The van der Waals surface area contributed by atoms with Crippen molar-refractivity contribution in [2.24, 2.45) is 0 Å². The van der Waals surface area contributed by atoms with Crippen LogP contribution >= 0.6 is 0 Å². The van der Waals surface area contributed by atoms with E-state index in [-0.39, 0.29) is 5.41 Å². The first-order chi connectivity index (χ1) is 13.0. The fraction of sp³-hybridized carbons (Fsp3) is 0.286. The molecule has 0 spiro atoms. The van der Waals surface area contributed by atoms with Gasteiger partial charge in [-0.2, -0.15) is 10.1 Å². The molecule has 140 valence electrons. The quantitative estimate of drug-likeness (QED) is 0.638. The summed E-state index contributed by atoms with van der Waals surface area (Å²) in [6, 6.07) is 15.9. The molecular formula is C21H25N5O. The third kappa shape index (κ3) is 4.73. The number of nitrogens with one attached hydrogen (secondary N) is 2. The van der Waals surface area contributed by atoms with Gasteiger partial charge in [-0.25, -0.2) is 0 Å². The van der Waals surface area contributed by atoms with Crippen LogP contribution in [0.5, 0.6) is 5.75 Å². The lowest BCUT2D eigenvalue weighted by atomic mass is 9.86. The predicted molar refractivity (Wildman–Crippen MR) is 109 cm³/mol. The lowest BCUT2D eigenvalue weighted by Gasteiger charge is -2.22. The van der Waals surface area contributed by atoms with Crippen LogP contribution in [0.25, 0.3) is 0 Å². The van der Waals surface area contributed by atoms with Crippen molar-refractivity contribution in [1.29, 1.82) is 0 Å². The Morgan fingerprint density at radius 1 is 0.926 bits per heavy atom. The number of rotatable bonds is 6. The maximum absolute atomic E-state index is 5.65. The van der Waals surface area contributed by atoms with Crippen LogP contribution in [0.1, 0.15) is 33.3 Å². The van der Waals surface area contributed by atoms with Crippen LogP contribution in [0, 0.1) is 0 Å². The zero-order valence-electron chi connectivity index (χ0n) is 16.2. The Kier molecular flexibility index (Phi) is 5.54. The number of anilines is 4. The molecule has 0 saturated carbocycles. The molecule has 0 radical (unpaired) electrons. The third-order valence-electron chi connectivity index (χ3n) is 3.99. The normalized spacial score (nSPS) is 11.1. The van der Waals surface area contributed by atoms with Gasteiger partial charge in [-0.3, -0.25) is 0 Å². The van der Waals surface area contributed by atoms with Crippen LogP contribution in [0.15, 0.2) is 54.7 Å². The Balaban J connectivity index is 1.84. The summed E-state index contributed by atoms with van der Waals surface area (Å²) in [4.78, 5) is 4.54. The number of nitrogens with zero attached hydrogens (tertiary/aromatic N) is 3. The first kappa shape index (κ1) is 18.6. The van der Waals surface area contributed by atoms with Gasteiger partial charge in [-0.15, -0.1) is 5.10 Å². The van der Waals surface area contributed by atoms with Crippen LogP contribution in [-0.4, -0.2) is 21.8 Å². The Labute approximate surface area is 160 Å². The molecule has 0 bridgehead atoms. The lowest BCUT2D eigenvalue weighted by Crippen LogP contribution is -2.14. The number of hydrogen-bond donors (Lipinski definition) is 2. The summed E-state index contributed by atoms with van der Waals surface area (Å²) in [5, 5.41) is 14.7. The average molecular weight is 363 g/mol. The van der Waals surface area contributed by atoms with Gasteiger partial charge in [0.2, 0.25) is 5.95 Å². The van der Waals surface area contributed by atoms with Gasteiger partial charge in [0.1, 0.15) is 5.75 Å². The highest BCUT2D eigenvalue weighted by molar-refractivity contribution is 5.65. The third-order valence-corrected chi connectivity index (χ3v) is 3.99. The topological polar surface area (TPSA) is 72.0 Å². The monoisotopic (exact) mass is 363 g/mol. The maximum atomic E-state index is 5.65. The molecule has 1 aromatic heterocycles. The van der Waals surface area contributed by atoms with E-state index in [1.54, 1.807) is 6.20 Å². The van der Waals surface area contributed by atoms with Gasteiger partial charge in [0.25, 0.3) is 0 Å². The fourth-order valence-electron chi connectivity index (χ4n) is 2.77. The first-order valence-corrected chi connectivity index (χ1v) is 9.02. The van der Waals surface area contributed by atoms with E-state index in [1.165, 1.54) is 5.56 Å². The van der Waals surface area contributed by atoms with Gasteiger partial charge in [0.05, 0.1) is 18.5 Å². The molecule has 3 aromatic rings. The molecule has 6 heteroatoms. The van der Waals surface area contributed by atoms with E-state index < -0.39 is 0 Å². The maximum Gasteiger partial charge on any atom is 0.249 e. The van der Waals surface area contributed by atoms with Crippen LogP contribution < -0.4 is 15.4 Å². The molecule has 0 aliphatic carbocycles. The minimum absolute atomic E-state index is 0.00329. The van der Waals surface area contributed by atoms with Crippen molar-refractivity contribution in [3.8, 4) is 5.75 Å². The second-order valence-electron chi connectivity index (χ2n) is 7.14. The average Bonchev–Trinajstić information content (AvgIpc) is 2.63. The Hall–Kier alpha value is -3.15. The number of ether oxygens (including phenoxy) is 1. The van der Waals surface area contributed by atoms with Crippen molar-refractivity contribution in [3.05, 3.63) is 60.3 Å². The number of aromatic nitrogens is 3. The van der Waals surface area contributed by atoms with Crippen molar-refractivity contribution < 1.29 is 4.74 Å². The largest absolute Gasteiger partial charge is 0.492 e. The Bertz CT molecular complexity index is 905. The zero-order chi connectivity index (χ0) is 19.3. The van der Waals surface area contributed by atoms with Gasteiger partial charge in [-0.05, 0) is 36.1 Å². The van der Waals surface area contributed by atoms with Gasteiger partial charge in [0.15, 0.2) is 5.82 Å². The van der Waals surface area contributed by atoms with Crippen molar-refractivity contribution in [3.63, 3.8) is 0 Å². The van der Waals surface area contributed by atoms with Gasteiger partial charge >= 0.3 is 0 Å². The summed E-state index contributed by atoms with van der Waals surface area (Å²) in [5.74, 6) is 1.80. The Morgan fingerprint density at radius 3 is 2.37 bits per heavy atom. The van der Waals surface area contributed by atoms with E-state index in [0.717, 1.165) is 17.1 Å². The Morgan fingerprint density at radius 2 is 1.63 bits per heavy atom. The zero-order valence-corrected chi connectivity index (χ0v) is 16.2. The van der Waals surface area contributed by atoms with Crippen molar-refractivity contribution in [2.75, 3.05) is 17.2 Å². The van der Waals surface area contributed by atoms with Crippen molar-refractivity contribution in [2.45, 2.75) is 33.1 Å². The van der Waals surface area contributed by atoms with Crippen molar-refractivity contribution in [1.82, 2.24) is 15.2 Å². The summed E-state index contributed by atoms with van der Waals surface area (Å²) in [6.07, 6.45) is 1.59. The van der Waals surface area contributed by atoms with Crippen molar-refractivity contribution >= 4 is 23.1 Å². The van der Waals surface area contributed by atoms with E-state index in [2.05, 4.69) is 52.7 Å². The molecule has 3 rings (SSSR count). The second-order valence-corrected chi connectivity index (χ2v) is 7.14. The smallest absolute Gasteiger partial charge is 0.249 e. The summed E-state index contributed by atoms with van der Waals surface area (Å²) >= 11 is 0. The van der Waals surface area contributed by atoms with E-state index in [4.69, 9.17) is 4.74 Å². The van der Waals surface area contributed by atoms with Crippen LogP contribution in [-0.2, 0) is 5.41 Å². The molecule has 0 aliphatic rings. The summed E-state index contributed by atoms with van der Waals surface area (Å²) in [5.41, 5.74) is 3.00. The van der Waals surface area contributed by atoms with E-state index in [9.17, 15) is 0 Å². The minimum atomic E-state index is 0.00329. The van der Waals surface area contributed by atoms with E-state index in [0.29, 0.717) is 18.4 Å². The molecular weight excluding hydrogens is 338 g/mol. The molecule has 0 fully saturated rings. The predicted octanol–water partition coefficient (Wildman–Crippen LogP) is 5.06. The standard InChI is InChI=1S/C21H25N5O/c1-5-27-18-13-9-8-12-17(18)23-19-14-22-26-20(25-19)24-16-11-7-6-10-15(16)21(2,3)4/h6-14H,5H2,1-4H3,(H2,23,24,25,26). The molecule has 0 aliphatic heterocycles. The van der Waals surface area contributed by atoms with E-state index >= 15 is 0 Å². The minimum Gasteiger partial charge on any atom is -0.492 e. The molecule has 0 unspecified atom stereocenters. The number of hydrogen-bond acceptors (Lipinski definition) is 6. The highest BCUT2D eigenvalue weighted by Crippen LogP contribution is 2.31. The van der Waals surface area contributed by atoms with Crippen LogP contribution in [0.2, 0.25) is 0 Å². The van der Waals surface area contributed by atoms with Gasteiger partial charge in [-0.1, -0.05) is 51.1 Å². The summed E-state index contributed by atoms with van der Waals surface area (Å²) in [6.45, 7) is 9.08. The second kappa shape index (κ2) is 8.03. The van der Waals surface area contributed by atoms with Crippen LogP contribution in [0.3, 0.4) is 0 Å². The lowest BCUT2D eigenvalue weighted by molar-refractivity contribution is 0.342. The highest BCUT2D eigenvalue weighted by atomic mass is 16.5. The molecule has 27 heavy (non-hydrogen) atoms. The highest BCUT2D eigenvalue weighted by Gasteiger charge is 2.18. The fourth-order valence-corrected chi connectivity index (χ4v) is 2.77. The summed E-state index contributed by atoms with van der Waals surface area (Å²) in [7, 11) is 0. The number of benzene rings is 2. The molecule has 2 N–H and O–H groups in total. The first-order valence-electron chi connectivity index (χ1n) is 9.02. The SMILES string of the molecule is CCOc1ccccc1Nc1cnnc(Nc2ccccc2C(C)(C)C)n1. The molecule has 2 aromatic carbocycles. The molecule has 0 saturated heterocycles.